The average Bonchev–Trinajstić information content (AvgIpc) is 3.10. The third kappa shape index (κ3) is 3.06. The van der Waals surface area contributed by atoms with Crippen LogP contribution in [0.25, 0.3) is 0 Å². The number of carbonyl (C=O) groups is 2. The van der Waals surface area contributed by atoms with Crippen molar-refractivity contribution in [3.63, 3.8) is 0 Å². The number of hydrogen-bond acceptors (Lipinski definition) is 5. The SMILES string of the molecule is CC(=O)NC[C@@H]1OC(=O)N2c3ccc(C4CCS(=O)(=O)CC4)cc3C[C@@H]12. The summed E-state index contributed by atoms with van der Waals surface area (Å²) in [6.45, 7) is 1.75. The van der Waals surface area contributed by atoms with E-state index in [2.05, 4.69) is 11.4 Å². The number of anilines is 1. The Labute approximate surface area is 152 Å². The minimum atomic E-state index is -2.88. The van der Waals surface area contributed by atoms with E-state index >= 15 is 0 Å². The van der Waals surface area contributed by atoms with Crippen molar-refractivity contribution in [3.8, 4) is 0 Å². The Bertz CT molecular complexity index is 852. The molecule has 0 saturated carbocycles. The maximum Gasteiger partial charge on any atom is 0.415 e. The molecular formula is C18H22N2O5S. The molecule has 3 heterocycles. The van der Waals surface area contributed by atoms with E-state index in [0.717, 1.165) is 16.8 Å². The molecule has 1 aromatic carbocycles. The molecule has 1 aromatic rings. The van der Waals surface area contributed by atoms with Crippen molar-refractivity contribution in [2.75, 3.05) is 23.0 Å². The molecule has 26 heavy (non-hydrogen) atoms. The van der Waals surface area contributed by atoms with Crippen molar-refractivity contribution in [2.24, 2.45) is 0 Å². The minimum absolute atomic E-state index is 0.105. The molecule has 7 nitrogen and oxygen atoms in total. The highest BCUT2D eigenvalue weighted by Crippen LogP contribution is 2.41. The topological polar surface area (TPSA) is 92.8 Å². The van der Waals surface area contributed by atoms with Gasteiger partial charge in [0.05, 0.1) is 29.8 Å². The summed E-state index contributed by atoms with van der Waals surface area (Å²) in [6.07, 6.45) is 1.26. The van der Waals surface area contributed by atoms with Crippen LogP contribution in [0, 0.1) is 0 Å². The molecule has 2 saturated heterocycles. The fourth-order valence-corrected chi connectivity index (χ4v) is 5.69. The molecule has 8 heteroatoms. The minimum Gasteiger partial charge on any atom is -0.442 e. The normalized spacial score (nSPS) is 27.0. The van der Waals surface area contributed by atoms with Gasteiger partial charge in [-0.3, -0.25) is 9.69 Å². The van der Waals surface area contributed by atoms with E-state index in [4.69, 9.17) is 4.74 Å². The van der Waals surface area contributed by atoms with Crippen molar-refractivity contribution in [3.05, 3.63) is 29.3 Å². The fourth-order valence-electron chi connectivity index (χ4n) is 4.19. The monoisotopic (exact) mass is 378 g/mol. The van der Waals surface area contributed by atoms with Crippen molar-refractivity contribution in [1.29, 1.82) is 0 Å². The second kappa shape index (κ2) is 6.26. The summed E-state index contributed by atoms with van der Waals surface area (Å²) in [7, 11) is -2.88. The number of sulfone groups is 1. The lowest BCUT2D eigenvalue weighted by Gasteiger charge is -2.23. The van der Waals surface area contributed by atoms with Gasteiger partial charge in [0.15, 0.2) is 0 Å². The van der Waals surface area contributed by atoms with E-state index in [-0.39, 0.29) is 41.6 Å². The third-order valence-corrected chi connectivity index (χ3v) is 7.30. The molecule has 0 radical (unpaired) electrons. The Morgan fingerprint density at radius 2 is 2.04 bits per heavy atom. The van der Waals surface area contributed by atoms with Gasteiger partial charge in [-0.2, -0.15) is 0 Å². The number of nitrogens with one attached hydrogen (secondary N) is 1. The van der Waals surface area contributed by atoms with Crippen molar-refractivity contribution >= 4 is 27.5 Å². The van der Waals surface area contributed by atoms with E-state index in [9.17, 15) is 18.0 Å². The molecule has 3 aliphatic heterocycles. The molecule has 3 aliphatic rings. The van der Waals surface area contributed by atoms with Crippen molar-refractivity contribution in [2.45, 2.75) is 44.2 Å². The molecule has 0 spiro atoms. The molecule has 4 rings (SSSR count). The first-order valence-electron chi connectivity index (χ1n) is 8.91. The number of benzene rings is 1. The van der Waals surface area contributed by atoms with E-state index in [1.54, 1.807) is 4.90 Å². The van der Waals surface area contributed by atoms with Gasteiger partial charge in [0.1, 0.15) is 15.9 Å². The first-order chi connectivity index (χ1) is 12.3. The van der Waals surface area contributed by atoms with Gasteiger partial charge in [-0.25, -0.2) is 13.2 Å². The number of rotatable bonds is 3. The summed E-state index contributed by atoms with van der Waals surface area (Å²) in [4.78, 5) is 25.1. The van der Waals surface area contributed by atoms with E-state index in [1.165, 1.54) is 6.92 Å². The van der Waals surface area contributed by atoms with E-state index in [0.29, 0.717) is 25.8 Å². The number of hydrogen-bond donors (Lipinski definition) is 1. The molecule has 140 valence electrons. The molecule has 2 amide bonds. The molecule has 2 atom stereocenters. The Balaban J connectivity index is 1.53. The maximum atomic E-state index is 12.3. The zero-order valence-electron chi connectivity index (χ0n) is 14.6. The number of carbonyl (C=O) groups excluding carboxylic acids is 2. The molecular weight excluding hydrogens is 356 g/mol. The largest absolute Gasteiger partial charge is 0.442 e. The summed E-state index contributed by atoms with van der Waals surface area (Å²) < 4.78 is 28.7. The van der Waals surface area contributed by atoms with Crippen LogP contribution in [-0.2, 0) is 25.8 Å². The summed E-state index contributed by atoms with van der Waals surface area (Å²) in [5.74, 6) is 0.592. The smallest absolute Gasteiger partial charge is 0.415 e. The van der Waals surface area contributed by atoms with Crippen molar-refractivity contribution < 1.29 is 22.7 Å². The molecule has 0 aliphatic carbocycles. The van der Waals surface area contributed by atoms with Gasteiger partial charge in [0, 0.05) is 6.92 Å². The molecule has 2 fully saturated rings. The highest BCUT2D eigenvalue weighted by atomic mass is 32.2. The number of fused-ring (bicyclic) bond motifs is 3. The summed E-state index contributed by atoms with van der Waals surface area (Å²) in [6, 6.07) is 5.94. The predicted molar refractivity (Wildman–Crippen MR) is 96.0 cm³/mol. The molecule has 1 N–H and O–H groups in total. The maximum absolute atomic E-state index is 12.3. The van der Waals surface area contributed by atoms with Gasteiger partial charge < -0.3 is 10.1 Å². The highest BCUT2D eigenvalue weighted by molar-refractivity contribution is 7.91. The second-order valence-corrected chi connectivity index (χ2v) is 9.62. The van der Waals surface area contributed by atoms with Crippen LogP contribution in [0.1, 0.15) is 36.8 Å². The van der Waals surface area contributed by atoms with Crippen LogP contribution in [0.2, 0.25) is 0 Å². The van der Waals surface area contributed by atoms with E-state index < -0.39 is 9.84 Å². The molecule has 0 bridgehead atoms. The average molecular weight is 378 g/mol. The van der Waals surface area contributed by atoms with Crippen LogP contribution in [0.4, 0.5) is 10.5 Å². The molecule has 0 unspecified atom stereocenters. The van der Waals surface area contributed by atoms with Crippen LogP contribution in [0.15, 0.2) is 18.2 Å². The Kier molecular flexibility index (Phi) is 4.17. The summed E-state index contributed by atoms with van der Waals surface area (Å²) in [5.41, 5.74) is 3.09. The molecule has 0 aromatic heterocycles. The number of nitrogens with zero attached hydrogens (tertiary/aromatic N) is 1. The number of amides is 2. The summed E-state index contributed by atoms with van der Waals surface area (Å²) >= 11 is 0. The van der Waals surface area contributed by atoms with Gasteiger partial charge in [-0.05, 0) is 42.4 Å². The fraction of sp³-hybridized carbons (Fsp3) is 0.556. The van der Waals surface area contributed by atoms with Crippen LogP contribution in [0.5, 0.6) is 0 Å². The number of ether oxygens (including phenoxy) is 1. The lowest BCUT2D eigenvalue weighted by molar-refractivity contribution is -0.119. The lowest BCUT2D eigenvalue weighted by Crippen LogP contribution is -2.40. The highest BCUT2D eigenvalue weighted by Gasteiger charge is 2.47. The van der Waals surface area contributed by atoms with Crippen molar-refractivity contribution in [1.82, 2.24) is 5.32 Å². The predicted octanol–water partition coefficient (Wildman–Crippen LogP) is 1.36. The van der Waals surface area contributed by atoms with Crippen LogP contribution in [-0.4, -0.2) is 50.6 Å². The second-order valence-electron chi connectivity index (χ2n) is 7.32. The van der Waals surface area contributed by atoms with Gasteiger partial charge in [-0.1, -0.05) is 12.1 Å². The van der Waals surface area contributed by atoms with Gasteiger partial charge in [-0.15, -0.1) is 0 Å². The Hall–Kier alpha value is -2.09. The number of cyclic esters (lactones) is 1. The summed E-state index contributed by atoms with van der Waals surface area (Å²) in [5, 5.41) is 2.72. The van der Waals surface area contributed by atoms with Crippen LogP contribution in [0.3, 0.4) is 0 Å². The van der Waals surface area contributed by atoms with Crippen LogP contribution < -0.4 is 10.2 Å². The van der Waals surface area contributed by atoms with Gasteiger partial charge in [0.2, 0.25) is 5.91 Å². The van der Waals surface area contributed by atoms with E-state index in [1.807, 2.05) is 12.1 Å². The first-order valence-corrected chi connectivity index (χ1v) is 10.7. The Morgan fingerprint density at radius 1 is 1.31 bits per heavy atom. The Morgan fingerprint density at radius 3 is 2.73 bits per heavy atom. The standard InChI is InChI=1S/C18H22N2O5S/c1-11(21)19-10-17-16-9-14-8-13(12-4-6-26(23,24)7-5-12)2-3-15(14)20(16)18(22)25-17/h2-3,8,12,16-17H,4-7,9-10H2,1H3,(H,19,21)/t16-,17-/m0/s1. The van der Waals surface area contributed by atoms with Crippen LogP contribution >= 0.6 is 0 Å². The van der Waals surface area contributed by atoms with Gasteiger partial charge >= 0.3 is 6.09 Å². The first kappa shape index (κ1) is 17.3. The quantitative estimate of drug-likeness (QED) is 0.857. The third-order valence-electron chi connectivity index (χ3n) is 5.58. The zero-order chi connectivity index (χ0) is 18.5. The zero-order valence-corrected chi connectivity index (χ0v) is 15.4. The lowest BCUT2D eigenvalue weighted by atomic mass is 9.91. The van der Waals surface area contributed by atoms with Gasteiger partial charge in [0.25, 0.3) is 0 Å².